The van der Waals surface area contributed by atoms with Gasteiger partial charge in [-0.25, -0.2) is 0 Å². The molecule has 132 valence electrons. The van der Waals surface area contributed by atoms with Crippen molar-refractivity contribution in [3.63, 3.8) is 0 Å². The largest absolute Gasteiger partial charge is 0.381 e. The van der Waals surface area contributed by atoms with Gasteiger partial charge in [-0.3, -0.25) is 9.69 Å². The fourth-order valence-electron chi connectivity index (χ4n) is 3.31. The zero-order valence-electron chi connectivity index (χ0n) is 14.0. The molecule has 0 N–H and O–H groups in total. The Kier molecular flexibility index (Phi) is 6.49. The van der Waals surface area contributed by atoms with Gasteiger partial charge in [0.25, 0.3) is 5.91 Å². The number of nitrogens with zero attached hydrogens (tertiary/aromatic N) is 2. The minimum absolute atomic E-state index is 0.0673. The summed E-state index contributed by atoms with van der Waals surface area (Å²) < 4.78 is 10.9. The van der Waals surface area contributed by atoms with Gasteiger partial charge in [0, 0.05) is 56.0 Å². The molecule has 0 aromatic heterocycles. The van der Waals surface area contributed by atoms with E-state index in [0.29, 0.717) is 10.6 Å². The second-order valence-electron chi connectivity index (χ2n) is 6.31. The van der Waals surface area contributed by atoms with E-state index in [1.165, 1.54) is 0 Å². The molecule has 2 heterocycles. The highest BCUT2D eigenvalue weighted by molar-refractivity contribution is 6.30. The smallest absolute Gasteiger partial charge is 0.254 e. The summed E-state index contributed by atoms with van der Waals surface area (Å²) in [5, 5.41) is 0.598. The highest BCUT2D eigenvalue weighted by Gasteiger charge is 2.27. The van der Waals surface area contributed by atoms with E-state index in [1.54, 1.807) is 12.1 Å². The van der Waals surface area contributed by atoms with Crippen LogP contribution in [0.1, 0.15) is 23.2 Å². The Labute approximate surface area is 148 Å². The summed E-state index contributed by atoms with van der Waals surface area (Å²) in [5.74, 6) is 0.0673. The lowest BCUT2D eigenvalue weighted by molar-refractivity contribution is 0.0141. The molecule has 0 aliphatic carbocycles. The van der Waals surface area contributed by atoms with Crippen LogP contribution in [0.4, 0.5) is 0 Å². The van der Waals surface area contributed by atoms with Crippen molar-refractivity contribution in [2.75, 3.05) is 52.6 Å². The first-order valence-corrected chi connectivity index (χ1v) is 9.06. The van der Waals surface area contributed by atoms with Crippen LogP contribution in [0.5, 0.6) is 0 Å². The molecule has 1 aromatic carbocycles. The van der Waals surface area contributed by atoms with E-state index in [2.05, 4.69) is 4.90 Å². The van der Waals surface area contributed by atoms with Crippen molar-refractivity contribution < 1.29 is 14.3 Å². The van der Waals surface area contributed by atoms with Crippen LogP contribution in [0.2, 0.25) is 5.02 Å². The molecule has 5 nitrogen and oxygen atoms in total. The number of ether oxygens (including phenoxy) is 2. The average Bonchev–Trinajstić information content (AvgIpc) is 2.63. The Morgan fingerprint density at radius 1 is 1.17 bits per heavy atom. The van der Waals surface area contributed by atoms with Crippen LogP contribution in [-0.4, -0.2) is 74.4 Å². The monoisotopic (exact) mass is 352 g/mol. The fourth-order valence-corrected chi connectivity index (χ4v) is 3.50. The standard InChI is InChI=1S/C18H25ClN2O3/c19-16-3-1-2-15(14-16)18(22)21(17-4-10-23-11-5-17)7-6-20-8-12-24-13-9-20/h1-3,14,17H,4-13H2. The van der Waals surface area contributed by atoms with Crippen molar-refractivity contribution in [2.24, 2.45) is 0 Å². The zero-order chi connectivity index (χ0) is 16.8. The molecule has 0 radical (unpaired) electrons. The minimum atomic E-state index is 0.0673. The van der Waals surface area contributed by atoms with E-state index in [-0.39, 0.29) is 11.9 Å². The molecule has 3 rings (SSSR count). The number of morpholine rings is 1. The Bertz CT molecular complexity index is 543. The Morgan fingerprint density at radius 2 is 1.88 bits per heavy atom. The highest BCUT2D eigenvalue weighted by atomic mass is 35.5. The predicted octanol–water partition coefficient (Wildman–Crippen LogP) is 2.29. The molecule has 2 fully saturated rings. The van der Waals surface area contributed by atoms with Gasteiger partial charge >= 0.3 is 0 Å². The molecule has 1 aromatic rings. The van der Waals surface area contributed by atoms with Crippen LogP contribution in [0.3, 0.4) is 0 Å². The summed E-state index contributed by atoms with van der Waals surface area (Å²) in [6.45, 7) is 6.49. The summed E-state index contributed by atoms with van der Waals surface area (Å²) in [5.41, 5.74) is 0.663. The lowest BCUT2D eigenvalue weighted by Crippen LogP contribution is -2.48. The average molecular weight is 353 g/mol. The van der Waals surface area contributed by atoms with Crippen LogP contribution in [0.25, 0.3) is 0 Å². The van der Waals surface area contributed by atoms with Gasteiger partial charge in [-0.2, -0.15) is 0 Å². The van der Waals surface area contributed by atoms with Crippen LogP contribution < -0.4 is 0 Å². The van der Waals surface area contributed by atoms with Gasteiger partial charge in [0.1, 0.15) is 0 Å². The third-order valence-corrected chi connectivity index (χ3v) is 4.96. The number of halogens is 1. The number of hydrogen-bond acceptors (Lipinski definition) is 4. The topological polar surface area (TPSA) is 42.0 Å². The molecule has 1 amide bonds. The van der Waals surface area contributed by atoms with Crippen LogP contribution >= 0.6 is 11.6 Å². The number of benzene rings is 1. The molecule has 0 atom stereocenters. The first-order valence-electron chi connectivity index (χ1n) is 8.68. The Balaban J connectivity index is 1.69. The summed E-state index contributed by atoms with van der Waals surface area (Å²) >= 11 is 6.07. The quantitative estimate of drug-likeness (QED) is 0.815. The molecule has 0 unspecified atom stereocenters. The summed E-state index contributed by atoms with van der Waals surface area (Å²) in [4.78, 5) is 17.4. The molecular formula is C18H25ClN2O3. The van der Waals surface area contributed by atoms with E-state index >= 15 is 0 Å². The van der Waals surface area contributed by atoms with Crippen molar-refractivity contribution in [2.45, 2.75) is 18.9 Å². The molecule has 0 bridgehead atoms. The Hall–Kier alpha value is -1.14. The molecule has 0 saturated carbocycles. The second-order valence-corrected chi connectivity index (χ2v) is 6.74. The van der Waals surface area contributed by atoms with E-state index in [4.69, 9.17) is 21.1 Å². The van der Waals surface area contributed by atoms with Crippen molar-refractivity contribution in [3.05, 3.63) is 34.9 Å². The predicted molar refractivity (Wildman–Crippen MR) is 93.6 cm³/mol. The summed E-state index contributed by atoms with van der Waals surface area (Å²) in [6, 6.07) is 7.47. The van der Waals surface area contributed by atoms with Crippen molar-refractivity contribution in [1.29, 1.82) is 0 Å². The zero-order valence-corrected chi connectivity index (χ0v) is 14.7. The summed E-state index contributed by atoms with van der Waals surface area (Å²) in [7, 11) is 0. The van der Waals surface area contributed by atoms with Gasteiger partial charge in [-0.1, -0.05) is 17.7 Å². The number of carbonyl (C=O) groups is 1. The lowest BCUT2D eigenvalue weighted by atomic mass is 10.1. The van der Waals surface area contributed by atoms with Crippen molar-refractivity contribution in [1.82, 2.24) is 9.80 Å². The normalized spacial score (nSPS) is 20.0. The minimum Gasteiger partial charge on any atom is -0.381 e. The molecule has 6 heteroatoms. The number of carbonyl (C=O) groups excluding carboxylic acids is 1. The number of amides is 1. The first-order chi connectivity index (χ1) is 11.7. The van der Waals surface area contributed by atoms with Gasteiger partial charge < -0.3 is 14.4 Å². The van der Waals surface area contributed by atoms with Gasteiger partial charge in [-0.05, 0) is 31.0 Å². The van der Waals surface area contributed by atoms with Crippen LogP contribution in [0.15, 0.2) is 24.3 Å². The maximum Gasteiger partial charge on any atom is 0.254 e. The van der Waals surface area contributed by atoms with E-state index in [9.17, 15) is 4.79 Å². The molecular weight excluding hydrogens is 328 g/mol. The molecule has 2 aliphatic heterocycles. The maximum atomic E-state index is 13.1. The lowest BCUT2D eigenvalue weighted by Gasteiger charge is -2.36. The van der Waals surface area contributed by atoms with Gasteiger partial charge in [-0.15, -0.1) is 0 Å². The van der Waals surface area contributed by atoms with Crippen molar-refractivity contribution >= 4 is 17.5 Å². The van der Waals surface area contributed by atoms with Crippen molar-refractivity contribution in [3.8, 4) is 0 Å². The Morgan fingerprint density at radius 3 is 2.58 bits per heavy atom. The van der Waals surface area contributed by atoms with E-state index in [0.717, 1.165) is 65.4 Å². The molecule has 24 heavy (non-hydrogen) atoms. The first kappa shape index (κ1) is 17.7. The molecule has 2 aliphatic rings. The molecule has 0 spiro atoms. The highest BCUT2D eigenvalue weighted by Crippen LogP contribution is 2.19. The van der Waals surface area contributed by atoms with Gasteiger partial charge in [0.15, 0.2) is 0 Å². The third kappa shape index (κ3) is 4.70. The van der Waals surface area contributed by atoms with Crippen LogP contribution in [0, 0.1) is 0 Å². The van der Waals surface area contributed by atoms with Gasteiger partial charge in [0.05, 0.1) is 13.2 Å². The SMILES string of the molecule is O=C(c1cccc(Cl)c1)N(CCN1CCOCC1)C1CCOCC1. The second kappa shape index (κ2) is 8.81. The van der Waals surface area contributed by atoms with Gasteiger partial charge in [0.2, 0.25) is 0 Å². The van der Waals surface area contributed by atoms with E-state index < -0.39 is 0 Å². The van der Waals surface area contributed by atoms with Crippen LogP contribution in [-0.2, 0) is 9.47 Å². The molecule has 2 saturated heterocycles. The number of hydrogen-bond donors (Lipinski definition) is 0. The number of rotatable bonds is 5. The fraction of sp³-hybridized carbons (Fsp3) is 0.611. The maximum absolute atomic E-state index is 13.1. The third-order valence-electron chi connectivity index (χ3n) is 4.72. The van der Waals surface area contributed by atoms with E-state index in [1.807, 2.05) is 17.0 Å². The summed E-state index contributed by atoms with van der Waals surface area (Å²) in [6.07, 6.45) is 1.80.